The van der Waals surface area contributed by atoms with E-state index in [1.54, 1.807) is 12.4 Å². The van der Waals surface area contributed by atoms with Crippen LogP contribution in [0.4, 0.5) is 0 Å². The third kappa shape index (κ3) is 2.73. The van der Waals surface area contributed by atoms with Crippen molar-refractivity contribution in [1.82, 2.24) is 14.5 Å². The summed E-state index contributed by atoms with van der Waals surface area (Å²) in [5.74, 6) is 0.928. The van der Waals surface area contributed by atoms with Crippen LogP contribution in [0.25, 0.3) is 0 Å². The molecule has 0 aliphatic heterocycles. The summed E-state index contributed by atoms with van der Waals surface area (Å²) in [5.41, 5.74) is 7.13. The summed E-state index contributed by atoms with van der Waals surface area (Å²) in [4.78, 5) is 8.34. The number of rotatable bonds is 4. The van der Waals surface area contributed by atoms with Gasteiger partial charge in [0, 0.05) is 36.6 Å². The van der Waals surface area contributed by atoms with Crippen molar-refractivity contribution in [2.24, 2.45) is 5.73 Å². The fraction of sp³-hybridized carbons (Fsp3) is 0.308. The molecule has 0 fully saturated rings. The van der Waals surface area contributed by atoms with Gasteiger partial charge in [-0.1, -0.05) is 6.07 Å². The average molecular weight is 241 g/mol. The van der Waals surface area contributed by atoms with E-state index >= 15 is 0 Å². The summed E-state index contributed by atoms with van der Waals surface area (Å²) in [6.07, 6.45) is 5.99. The fourth-order valence-electron chi connectivity index (χ4n) is 1.81. The lowest BCUT2D eigenvalue weighted by atomic mass is 10.2. The standard InChI is InChI=1S/C13H15N5/c1-10(15)7-13-17-5-6-18(13)9-11-3-2-4-16-12(11)8-14/h2-6,10H,7,9,15H2,1H3. The number of nitrogens with two attached hydrogens (primary N) is 1. The number of hydrogen-bond acceptors (Lipinski definition) is 4. The topological polar surface area (TPSA) is 80.5 Å². The van der Waals surface area contributed by atoms with Crippen LogP contribution in [0.3, 0.4) is 0 Å². The first-order valence-corrected chi connectivity index (χ1v) is 5.80. The van der Waals surface area contributed by atoms with Crippen molar-refractivity contribution in [3.63, 3.8) is 0 Å². The third-order valence-corrected chi connectivity index (χ3v) is 2.64. The van der Waals surface area contributed by atoms with E-state index in [4.69, 9.17) is 11.0 Å². The van der Waals surface area contributed by atoms with Crippen LogP contribution >= 0.6 is 0 Å². The van der Waals surface area contributed by atoms with Gasteiger partial charge in [0.2, 0.25) is 0 Å². The molecular weight excluding hydrogens is 226 g/mol. The van der Waals surface area contributed by atoms with E-state index in [9.17, 15) is 0 Å². The van der Waals surface area contributed by atoms with Gasteiger partial charge in [-0.25, -0.2) is 9.97 Å². The van der Waals surface area contributed by atoms with Crippen LogP contribution in [0.5, 0.6) is 0 Å². The van der Waals surface area contributed by atoms with Crippen LogP contribution in [0.2, 0.25) is 0 Å². The second kappa shape index (κ2) is 5.43. The van der Waals surface area contributed by atoms with E-state index in [1.165, 1.54) is 0 Å². The highest BCUT2D eigenvalue weighted by Crippen LogP contribution is 2.09. The van der Waals surface area contributed by atoms with Gasteiger partial charge in [-0.15, -0.1) is 0 Å². The van der Waals surface area contributed by atoms with Crippen molar-refractivity contribution < 1.29 is 0 Å². The van der Waals surface area contributed by atoms with Crippen LogP contribution in [-0.2, 0) is 13.0 Å². The molecule has 2 N–H and O–H groups in total. The highest BCUT2D eigenvalue weighted by Gasteiger charge is 2.08. The Labute approximate surface area is 106 Å². The highest BCUT2D eigenvalue weighted by molar-refractivity contribution is 5.30. The Balaban J connectivity index is 2.24. The molecule has 92 valence electrons. The number of hydrogen-bond donors (Lipinski definition) is 1. The lowest BCUT2D eigenvalue weighted by Gasteiger charge is -2.10. The van der Waals surface area contributed by atoms with E-state index in [0.29, 0.717) is 12.2 Å². The van der Waals surface area contributed by atoms with Gasteiger partial charge in [-0.05, 0) is 13.0 Å². The average Bonchev–Trinajstić information content (AvgIpc) is 2.76. The molecular formula is C13H15N5. The van der Waals surface area contributed by atoms with Crippen LogP contribution in [0.15, 0.2) is 30.7 Å². The summed E-state index contributed by atoms with van der Waals surface area (Å²) >= 11 is 0. The number of nitrogens with zero attached hydrogens (tertiary/aromatic N) is 4. The predicted octanol–water partition coefficient (Wildman–Crippen LogP) is 1.09. The highest BCUT2D eigenvalue weighted by atomic mass is 15.1. The Kier molecular flexibility index (Phi) is 3.70. The van der Waals surface area contributed by atoms with Crippen LogP contribution in [0.1, 0.15) is 24.0 Å². The fourth-order valence-corrected chi connectivity index (χ4v) is 1.81. The summed E-state index contributed by atoms with van der Waals surface area (Å²) in [7, 11) is 0. The molecule has 2 aromatic heterocycles. The number of imidazole rings is 1. The largest absolute Gasteiger partial charge is 0.330 e. The van der Waals surface area contributed by atoms with E-state index in [1.807, 2.05) is 29.8 Å². The molecule has 0 aliphatic rings. The first-order valence-electron chi connectivity index (χ1n) is 5.80. The Hall–Kier alpha value is -2.19. The molecule has 2 heterocycles. The van der Waals surface area contributed by atoms with Crippen molar-refractivity contribution in [1.29, 1.82) is 5.26 Å². The van der Waals surface area contributed by atoms with Gasteiger partial charge in [0.1, 0.15) is 17.6 Å². The zero-order chi connectivity index (χ0) is 13.0. The SMILES string of the molecule is CC(N)Cc1nccn1Cc1cccnc1C#N. The first kappa shape index (κ1) is 12.3. The van der Waals surface area contributed by atoms with E-state index in [0.717, 1.165) is 17.8 Å². The van der Waals surface area contributed by atoms with Crippen molar-refractivity contribution in [2.75, 3.05) is 0 Å². The molecule has 1 unspecified atom stereocenters. The molecule has 0 radical (unpaired) electrons. The number of nitriles is 1. The maximum atomic E-state index is 9.00. The second-order valence-corrected chi connectivity index (χ2v) is 4.28. The molecule has 0 saturated carbocycles. The predicted molar refractivity (Wildman–Crippen MR) is 67.6 cm³/mol. The van der Waals surface area contributed by atoms with E-state index < -0.39 is 0 Å². The quantitative estimate of drug-likeness (QED) is 0.868. The molecule has 2 rings (SSSR count). The van der Waals surface area contributed by atoms with Crippen LogP contribution in [0, 0.1) is 11.3 Å². The van der Waals surface area contributed by atoms with Gasteiger partial charge in [-0.3, -0.25) is 0 Å². The van der Waals surface area contributed by atoms with E-state index in [-0.39, 0.29) is 6.04 Å². The van der Waals surface area contributed by atoms with Gasteiger partial charge in [-0.2, -0.15) is 5.26 Å². The molecule has 0 saturated heterocycles. The van der Waals surface area contributed by atoms with Crippen LogP contribution < -0.4 is 5.73 Å². The lowest BCUT2D eigenvalue weighted by Crippen LogP contribution is -2.20. The smallest absolute Gasteiger partial charge is 0.145 e. The minimum atomic E-state index is 0.0653. The Morgan fingerprint density at radius 3 is 3.00 bits per heavy atom. The summed E-state index contributed by atoms with van der Waals surface area (Å²) in [6.45, 7) is 2.54. The zero-order valence-electron chi connectivity index (χ0n) is 10.2. The van der Waals surface area contributed by atoms with Gasteiger partial charge in [0.05, 0.1) is 6.54 Å². The van der Waals surface area contributed by atoms with Crippen molar-refractivity contribution in [3.8, 4) is 6.07 Å². The van der Waals surface area contributed by atoms with Gasteiger partial charge < -0.3 is 10.3 Å². The van der Waals surface area contributed by atoms with Crippen LogP contribution in [-0.4, -0.2) is 20.6 Å². The molecule has 5 nitrogen and oxygen atoms in total. The Morgan fingerprint density at radius 1 is 1.44 bits per heavy atom. The van der Waals surface area contributed by atoms with Gasteiger partial charge in [0.15, 0.2) is 0 Å². The van der Waals surface area contributed by atoms with Gasteiger partial charge in [0.25, 0.3) is 0 Å². The molecule has 0 spiro atoms. The monoisotopic (exact) mass is 241 g/mol. The van der Waals surface area contributed by atoms with E-state index in [2.05, 4.69) is 16.0 Å². The first-order chi connectivity index (χ1) is 8.70. The van der Waals surface area contributed by atoms with Gasteiger partial charge >= 0.3 is 0 Å². The Morgan fingerprint density at radius 2 is 2.28 bits per heavy atom. The molecule has 1 atom stereocenters. The molecule has 0 bridgehead atoms. The zero-order valence-corrected chi connectivity index (χ0v) is 10.2. The minimum Gasteiger partial charge on any atom is -0.330 e. The summed E-state index contributed by atoms with van der Waals surface area (Å²) in [5, 5.41) is 9.00. The number of aromatic nitrogens is 3. The van der Waals surface area contributed by atoms with Crippen molar-refractivity contribution in [3.05, 3.63) is 47.8 Å². The van der Waals surface area contributed by atoms with Crippen molar-refractivity contribution >= 4 is 0 Å². The molecule has 0 aromatic carbocycles. The number of pyridine rings is 1. The minimum absolute atomic E-state index is 0.0653. The summed E-state index contributed by atoms with van der Waals surface area (Å²) < 4.78 is 2.00. The molecule has 18 heavy (non-hydrogen) atoms. The lowest BCUT2D eigenvalue weighted by molar-refractivity contribution is 0.647. The normalized spacial score (nSPS) is 12.1. The maximum absolute atomic E-state index is 9.00. The molecule has 2 aromatic rings. The summed E-state index contributed by atoms with van der Waals surface area (Å²) in [6, 6.07) is 5.90. The molecule has 5 heteroatoms. The second-order valence-electron chi connectivity index (χ2n) is 4.28. The molecule has 0 aliphatic carbocycles. The van der Waals surface area contributed by atoms with Crippen molar-refractivity contribution in [2.45, 2.75) is 25.9 Å². The Bertz CT molecular complexity index is 565. The molecule has 0 amide bonds. The maximum Gasteiger partial charge on any atom is 0.145 e. The third-order valence-electron chi connectivity index (χ3n) is 2.64.